The van der Waals surface area contributed by atoms with E-state index in [2.05, 4.69) is 22.3 Å². The number of rotatable bonds is 6. The molecular formula is C10H16N2S. The smallest absolute Gasteiger partial charge is 0.0795 e. The second-order valence-electron chi connectivity index (χ2n) is 2.97. The van der Waals surface area contributed by atoms with E-state index in [-0.39, 0.29) is 0 Å². The fraction of sp³-hybridized carbons (Fsp3) is 0.500. The molecule has 1 heterocycles. The summed E-state index contributed by atoms with van der Waals surface area (Å²) in [7, 11) is 1.98. The third-order valence-electron chi connectivity index (χ3n) is 2.06. The molecular weight excluding hydrogens is 180 g/mol. The Morgan fingerprint density at radius 1 is 1.77 bits per heavy atom. The van der Waals surface area contributed by atoms with Crippen molar-refractivity contribution in [3.63, 3.8) is 0 Å². The zero-order valence-corrected chi connectivity index (χ0v) is 8.81. The van der Waals surface area contributed by atoms with E-state index in [9.17, 15) is 0 Å². The number of hydrogen-bond acceptors (Lipinski definition) is 3. The summed E-state index contributed by atoms with van der Waals surface area (Å²) < 4.78 is 0. The van der Waals surface area contributed by atoms with Crippen LogP contribution in [0.1, 0.15) is 31.0 Å². The molecule has 0 saturated carbocycles. The first-order valence-electron chi connectivity index (χ1n) is 4.54. The molecule has 0 bridgehead atoms. The molecule has 1 unspecified atom stereocenters. The molecule has 72 valence electrons. The topological polar surface area (TPSA) is 24.9 Å². The van der Waals surface area contributed by atoms with Crippen molar-refractivity contribution >= 4 is 11.3 Å². The van der Waals surface area contributed by atoms with Gasteiger partial charge in [0.2, 0.25) is 0 Å². The summed E-state index contributed by atoms with van der Waals surface area (Å²) >= 11 is 1.65. The predicted octanol–water partition coefficient (Wildman–Crippen LogP) is 2.76. The molecule has 1 aromatic rings. The second kappa shape index (κ2) is 5.89. The molecule has 0 radical (unpaired) electrons. The summed E-state index contributed by atoms with van der Waals surface area (Å²) in [5.74, 6) is 0. The van der Waals surface area contributed by atoms with Crippen molar-refractivity contribution in [2.75, 3.05) is 7.05 Å². The van der Waals surface area contributed by atoms with E-state index in [0.29, 0.717) is 6.04 Å². The highest BCUT2D eigenvalue weighted by molar-refractivity contribution is 7.07. The van der Waals surface area contributed by atoms with E-state index >= 15 is 0 Å². The van der Waals surface area contributed by atoms with Gasteiger partial charge in [-0.3, -0.25) is 0 Å². The standard InChI is InChI=1S/C10H16N2S/c1-3-4-5-6-9(11-2)10-7-13-8-12-10/h3,7-9,11H,1,4-6H2,2H3. The molecule has 0 aromatic carbocycles. The monoisotopic (exact) mass is 196 g/mol. The van der Waals surface area contributed by atoms with Crippen molar-refractivity contribution in [3.05, 3.63) is 29.2 Å². The maximum atomic E-state index is 4.30. The van der Waals surface area contributed by atoms with Crippen LogP contribution in [-0.2, 0) is 0 Å². The summed E-state index contributed by atoms with van der Waals surface area (Å²) in [6.07, 6.45) is 5.36. The lowest BCUT2D eigenvalue weighted by atomic mass is 10.1. The van der Waals surface area contributed by atoms with E-state index in [4.69, 9.17) is 0 Å². The van der Waals surface area contributed by atoms with Gasteiger partial charge >= 0.3 is 0 Å². The third kappa shape index (κ3) is 3.28. The molecule has 13 heavy (non-hydrogen) atoms. The largest absolute Gasteiger partial charge is 0.312 e. The van der Waals surface area contributed by atoms with Gasteiger partial charge < -0.3 is 5.32 Å². The number of allylic oxidation sites excluding steroid dienone is 1. The highest BCUT2D eigenvalue weighted by atomic mass is 32.1. The Kier molecular flexibility index (Phi) is 4.72. The minimum absolute atomic E-state index is 0.409. The number of nitrogens with zero attached hydrogens (tertiary/aromatic N) is 1. The normalized spacial score (nSPS) is 12.7. The summed E-state index contributed by atoms with van der Waals surface area (Å²) in [6, 6.07) is 0.409. The van der Waals surface area contributed by atoms with Crippen LogP contribution in [0.25, 0.3) is 0 Å². The lowest BCUT2D eigenvalue weighted by Crippen LogP contribution is -2.16. The van der Waals surface area contributed by atoms with Gasteiger partial charge in [-0.1, -0.05) is 6.08 Å². The van der Waals surface area contributed by atoms with Crippen LogP contribution in [0.15, 0.2) is 23.5 Å². The van der Waals surface area contributed by atoms with E-state index in [0.717, 1.165) is 18.5 Å². The van der Waals surface area contributed by atoms with Crippen LogP contribution in [0.2, 0.25) is 0 Å². The number of aromatic nitrogens is 1. The van der Waals surface area contributed by atoms with Crippen LogP contribution >= 0.6 is 11.3 Å². The minimum atomic E-state index is 0.409. The van der Waals surface area contributed by atoms with Gasteiger partial charge in [-0.05, 0) is 26.3 Å². The van der Waals surface area contributed by atoms with Crippen molar-refractivity contribution in [2.45, 2.75) is 25.3 Å². The quantitative estimate of drug-likeness (QED) is 0.559. The van der Waals surface area contributed by atoms with Crippen LogP contribution < -0.4 is 5.32 Å². The zero-order valence-electron chi connectivity index (χ0n) is 7.99. The van der Waals surface area contributed by atoms with Crippen molar-refractivity contribution in [2.24, 2.45) is 0 Å². The van der Waals surface area contributed by atoms with Crippen LogP contribution in [0.3, 0.4) is 0 Å². The van der Waals surface area contributed by atoms with Gasteiger partial charge in [0.25, 0.3) is 0 Å². The first kappa shape index (κ1) is 10.4. The molecule has 1 atom stereocenters. The van der Waals surface area contributed by atoms with Crippen LogP contribution in [0.4, 0.5) is 0 Å². The summed E-state index contributed by atoms with van der Waals surface area (Å²) in [5.41, 5.74) is 3.05. The summed E-state index contributed by atoms with van der Waals surface area (Å²) in [5, 5.41) is 5.38. The van der Waals surface area contributed by atoms with Gasteiger partial charge in [0.05, 0.1) is 17.2 Å². The molecule has 0 saturated heterocycles. The molecule has 2 nitrogen and oxygen atoms in total. The van der Waals surface area contributed by atoms with Crippen LogP contribution in [0, 0.1) is 0 Å². The SMILES string of the molecule is C=CCCCC(NC)c1cscn1. The number of unbranched alkanes of at least 4 members (excludes halogenated alkanes) is 1. The summed E-state index contributed by atoms with van der Waals surface area (Å²) in [6.45, 7) is 3.71. The Labute approximate surface area is 83.7 Å². The second-order valence-corrected chi connectivity index (χ2v) is 3.69. The Balaban J connectivity index is 2.39. The van der Waals surface area contributed by atoms with Crippen molar-refractivity contribution in [1.82, 2.24) is 10.3 Å². The van der Waals surface area contributed by atoms with Crippen LogP contribution in [0.5, 0.6) is 0 Å². The molecule has 0 amide bonds. The van der Waals surface area contributed by atoms with E-state index in [1.54, 1.807) is 11.3 Å². The Morgan fingerprint density at radius 2 is 2.62 bits per heavy atom. The first-order chi connectivity index (χ1) is 6.38. The highest BCUT2D eigenvalue weighted by Gasteiger charge is 2.09. The predicted molar refractivity (Wildman–Crippen MR) is 58.0 cm³/mol. The zero-order chi connectivity index (χ0) is 9.52. The molecule has 0 spiro atoms. The maximum absolute atomic E-state index is 4.30. The lowest BCUT2D eigenvalue weighted by molar-refractivity contribution is 0.520. The van der Waals surface area contributed by atoms with Gasteiger partial charge in [-0.25, -0.2) is 4.98 Å². The average molecular weight is 196 g/mol. The highest BCUT2D eigenvalue weighted by Crippen LogP contribution is 2.18. The summed E-state index contributed by atoms with van der Waals surface area (Å²) in [4.78, 5) is 4.30. The average Bonchev–Trinajstić information content (AvgIpc) is 2.65. The minimum Gasteiger partial charge on any atom is -0.312 e. The van der Waals surface area contributed by atoms with Gasteiger partial charge in [0.1, 0.15) is 0 Å². The fourth-order valence-corrected chi connectivity index (χ4v) is 1.91. The van der Waals surface area contributed by atoms with Gasteiger partial charge in [0, 0.05) is 5.38 Å². The molecule has 0 fully saturated rings. The van der Waals surface area contributed by atoms with Gasteiger partial charge in [-0.2, -0.15) is 0 Å². The van der Waals surface area contributed by atoms with Crippen molar-refractivity contribution in [1.29, 1.82) is 0 Å². The van der Waals surface area contributed by atoms with Gasteiger partial charge in [-0.15, -0.1) is 17.9 Å². The van der Waals surface area contributed by atoms with Crippen molar-refractivity contribution in [3.8, 4) is 0 Å². The Morgan fingerprint density at radius 3 is 3.15 bits per heavy atom. The molecule has 0 aliphatic heterocycles. The first-order valence-corrected chi connectivity index (χ1v) is 5.49. The van der Waals surface area contributed by atoms with Crippen molar-refractivity contribution < 1.29 is 0 Å². The fourth-order valence-electron chi connectivity index (χ4n) is 1.30. The maximum Gasteiger partial charge on any atom is 0.0795 e. The van der Waals surface area contributed by atoms with E-state index in [1.165, 1.54) is 6.42 Å². The van der Waals surface area contributed by atoms with Crippen LogP contribution in [-0.4, -0.2) is 12.0 Å². The van der Waals surface area contributed by atoms with E-state index < -0.39 is 0 Å². The molecule has 1 N–H and O–H groups in total. The van der Waals surface area contributed by atoms with E-state index in [1.807, 2.05) is 18.6 Å². The third-order valence-corrected chi connectivity index (χ3v) is 2.66. The van der Waals surface area contributed by atoms with Gasteiger partial charge in [0.15, 0.2) is 0 Å². The molecule has 1 aromatic heterocycles. The Bertz CT molecular complexity index is 231. The number of nitrogens with one attached hydrogen (secondary N) is 1. The number of hydrogen-bond donors (Lipinski definition) is 1. The molecule has 1 rings (SSSR count). The molecule has 0 aliphatic carbocycles. The number of thiazole rings is 1. The Hall–Kier alpha value is -0.670. The molecule has 0 aliphatic rings. The lowest BCUT2D eigenvalue weighted by Gasteiger charge is -2.12. The molecule has 3 heteroatoms.